The molecule has 1 atom stereocenters. The first-order chi connectivity index (χ1) is 4.26. The van der Waals surface area contributed by atoms with Crippen LogP contribution >= 0.6 is 0 Å². The van der Waals surface area contributed by atoms with Gasteiger partial charge < -0.3 is 10.8 Å². The van der Waals surface area contributed by atoms with Gasteiger partial charge in [-0.1, -0.05) is 26.7 Å². The lowest BCUT2D eigenvalue weighted by Gasteiger charge is -2.17. The maximum Gasteiger partial charge on any atom is 0.0690 e. The Morgan fingerprint density at radius 1 is 1.33 bits per heavy atom. The summed E-state index contributed by atoms with van der Waals surface area (Å²) in [6.07, 6.45) is 1.75. The quantitative estimate of drug-likeness (QED) is 0.591. The van der Waals surface area contributed by atoms with Crippen LogP contribution in [-0.2, 0) is 0 Å². The van der Waals surface area contributed by atoms with E-state index in [2.05, 4.69) is 13.8 Å². The zero-order chi connectivity index (χ0) is 7.28. The zero-order valence-corrected chi connectivity index (χ0v) is 6.30. The summed E-state index contributed by atoms with van der Waals surface area (Å²) < 4.78 is 0. The van der Waals surface area contributed by atoms with Gasteiger partial charge in [0.25, 0.3) is 0 Å². The van der Waals surface area contributed by atoms with Gasteiger partial charge in [-0.2, -0.15) is 0 Å². The lowest BCUT2D eigenvalue weighted by Crippen LogP contribution is -2.27. The molecular formula is C7H17NO. The van der Waals surface area contributed by atoms with Gasteiger partial charge in [0.05, 0.1) is 6.10 Å². The summed E-state index contributed by atoms with van der Waals surface area (Å²) in [6.45, 7) is 4.55. The fraction of sp³-hybridized carbons (Fsp3) is 1.00. The molecule has 2 heteroatoms. The summed E-state index contributed by atoms with van der Waals surface area (Å²) in [5, 5.41) is 9.19. The van der Waals surface area contributed by atoms with Crippen LogP contribution in [0.3, 0.4) is 0 Å². The average molecular weight is 131 g/mol. The molecular weight excluding hydrogens is 114 g/mol. The van der Waals surface area contributed by atoms with Gasteiger partial charge in [-0.15, -0.1) is 0 Å². The van der Waals surface area contributed by atoms with Crippen LogP contribution < -0.4 is 5.73 Å². The third-order valence-electron chi connectivity index (χ3n) is 1.83. The molecule has 0 bridgehead atoms. The SMILES string of the molecule is CCC(CC)[C@H](O)CN. The molecule has 0 aliphatic carbocycles. The molecule has 0 aromatic rings. The Balaban J connectivity index is 3.50. The molecule has 0 radical (unpaired) electrons. The highest BCUT2D eigenvalue weighted by atomic mass is 16.3. The molecule has 3 N–H and O–H groups in total. The lowest BCUT2D eigenvalue weighted by molar-refractivity contribution is 0.110. The number of rotatable bonds is 4. The molecule has 0 heterocycles. The second kappa shape index (κ2) is 4.77. The first-order valence-corrected chi connectivity index (χ1v) is 3.64. The molecule has 0 fully saturated rings. The van der Waals surface area contributed by atoms with Crippen molar-refractivity contribution in [2.75, 3.05) is 6.54 Å². The third-order valence-corrected chi connectivity index (χ3v) is 1.83. The second-order valence-electron chi connectivity index (χ2n) is 2.38. The number of hydrogen-bond acceptors (Lipinski definition) is 2. The van der Waals surface area contributed by atoms with E-state index >= 15 is 0 Å². The van der Waals surface area contributed by atoms with Crippen molar-refractivity contribution >= 4 is 0 Å². The molecule has 0 aromatic carbocycles. The van der Waals surface area contributed by atoms with E-state index in [9.17, 15) is 5.11 Å². The van der Waals surface area contributed by atoms with E-state index in [4.69, 9.17) is 5.73 Å². The molecule has 0 aromatic heterocycles. The number of aliphatic hydroxyl groups is 1. The molecule has 0 unspecified atom stereocenters. The predicted octanol–water partition coefficient (Wildman–Crippen LogP) is 0.742. The monoisotopic (exact) mass is 131 g/mol. The second-order valence-corrected chi connectivity index (χ2v) is 2.38. The number of aliphatic hydroxyl groups excluding tert-OH is 1. The van der Waals surface area contributed by atoms with Crippen LogP contribution in [0.1, 0.15) is 26.7 Å². The van der Waals surface area contributed by atoms with Gasteiger partial charge in [-0.05, 0) is 5.92 Å². The first-order valence-electron chi connectivity index (χ1n) is 3.64. The van der Waals surface area contributed by atoms with Crippen LogP contribution in [0, 0.1) is 5.92 Å². The summed E-state index contributed by atoms with van der Waals surface area (Å²) in [7, 11) is 0. The number of nitrogens with two attached hydrogens (primary N) is 1. The highest BCUT2D eigenvalue weighted by Crippen LogP contribution is 2.11. The smallest absolute Gasteiger partial charge is 0.0690 e. The van der Waals surface area contributed by atoms with Crippen LogP contribution in [0.5, 0.6) is 0 Å². The Morgan fingerprint density at radius 2 is 1.78 bits per heavy atom. The van der Waals surface area contributed by atoms with Crippen molar-refractivity contribution in [3.05, 3.63) is 0 Å². The standard InChI is InChI=1S/C7H17NO/c1-3-6(4-2)7(9)5-8/h6-7,9H,3-5,8H2,1-2H3/t7-/m1/s1. The zero-order valence-electron chi connectivity index (χ0n) is 6.30. The van der Waals surface area contributed by atoms with Crippen molar-refractivity contribution < 1.29 is 5.11 Å². The van der Waals surface area contributed by atoms with Gasteiger partial charge >= 0.3 is 0 Å². The van der Waals surface area contributed by atoms with Crippen LogP contribution in [0.4, 0.5) is 0 Å². The third kappa shape index (κ3) is 2.82. The van der Waals surface area contributed by atoms with E-state index in [1.54, 1.807) is 0 Å². The lowest BCUT2D eigenvalue weighted by atomic mass is 9.97. The normalized spacial score (nSPS) is 14.3. The van der Waals surface area contributed by atoms with Crippen molar-refractivity contribution in [1.82, 2.24) is 0 Å². The molecule has 0 aliphatic rings. The van der Waals surface area contributed by atoms with Crippen molar-refractivity contribution in [2.24, 2.45) is 11.7 Å². The van der Waals surface area contributed by atoms with Crippen molar-refractivity contribution in [3.8, 4) is 0 Å². The molecule has 9 heavy (non-hydrogen) atoms. The molecule has 56 valence electrons. The maximum absolute atomic E-state index is 9.19. The maximum atomic E-state index is 9.19. The van der Waals surface area contributed by atoms with E-state index in [0.29, 0.717) is 12.5 Å². The molecule has 0 saturated heterocycles. The number of hydrogen-bond donors (Lipinski definition) is 2. The molecule has 0 aliphatic heterocycles. The summed E-state index contributed by atoms with van der Waals surface area (Å²) in [4.78, 5) is 0. The highest BCUT2D eigenvalue weighted by Gasteiger charge is 2.12. The Labute approximate surface area is 57.1 Å². The van der Waals surface area contributed by atoms with E-state index in [0.717, 1.165) is 12.8 Å². The van der Waals surface area contributed by atoms with Crippen LogP contribution in [-0.4, -0.2) is 17.8 Å². The van der Waals surface area contributed by atoms with Crippen LogP contribution in [0.25, 0.3) is 0 Å². The fourth-order valence-corrected chi connectivity index (χ4v) is 1.03. The molecule has 2 nitrogen and oxygen atoms in total. The van der Waals surface area contributed by atoms with Crippen LogP contribution in [0.15, 0.2) is 0 Å². The van der Waals surface area contributed by atoms with Crippen LogP contribution in [0.2, 0.25) is 0 Å². The predicted molar refractivity (Wildman–Crippen MR) is 39.1 cm³/mol. The van der Waals surface area contributed by atoms with Gasteiger partial charge in [0.2, 0.25) is 0 Å². The minimum Gasteiger partial charge on any atom is -0.392 e. The van der Waals surface area contributed by atoms with E-state index < -0.39 is 0 Å². The van der Waals surface area contributed by atoms with E-state index in [1.165, 1.54) is 0 Å². The van der Waals surface area contributed by atoms with Gasteiger partial charge in [-0.3, -0.25) is 0 Å². The molecule has 0 amide bonds. The first kappa shape index (κ1) is 8.92. The molecule has 0 saturated carbocycles. The van der Waals surface area contributed by atoms with E-state index in [1.807, 2.05) is 0 Å². The average Bonchev–Trinajstić information content (AvgIpc) is 1.90. The topological polar surface area (TPSA) is 46.2 Å². The van der Waals surface area contributed by atoms with Gasteiger partial charge in [0.15, 0.2) is 0 Å². The fourth-order valence-electron chi connectivity index (χ4n) is 1.03. The van der Waals surface area contributed by atoms with Crippen molar-refractivity contribution in [2.45, 2.75) is 32.8 Å². The minimum atomic E-state index is -0.292. The van der Waals surface area contributed by atoms with Crippen molar-refractivity contribution in [3.63, 3.8) is 0 Å². The summed E-state index contributed by atoms with van der Waals surface area (Å²) in [6, 6.07) is 0. The summed E-state index contributed by atoms with van der Waals surface area (Å²) in [5.74, 6) is 0.398. The Hall–Kier alpha value is -0.0800. The Kier molecular flexibility index (Phi) is 4.72. The van der Waals surface area contributed by atoms with Gasteiger partial charge in [-0.25, -0.2) is 0 Å². The summed E-state index contributed by atoms with van der Waals surface area (Å²) in [5.41, 5.74) is 5.27. The van der Waals surface area contributed by atoms with Gasteiger partial charge in [0, 0.05) is 6.54 Å². The minimum absolute atomic E-state index is 0.292. The van der Waals surface area contributed by atoms with E-state index in [-0.39, 0.29) is 6.10 Å². The molecule has 0 rings (SSSR count). The van der Waals surface area contributed by atoms with Crippen molar-refractivity contribution in [1.29, 1.82) is 0 Å². The Morgan fingerprint density at radius 3 is 1.89 bits per heavy atom. The Bertz CT molecular complexity index is 61.9. The summed E-state index contributed by atoms with van der Waals surface area (Å²) >= 11 is 0. The molecule has 0 spiro atoms. The largest absolute Gasteiger partial charge is 0.392 e. The highest BCUT2D eigenvalue weighted by molar-refractivity contribution is 4.65. The van der Waals surface area contributed by atoms with Gasteiger partial charge in [0.1, 0.15) is 0 Å².